The first-order chi connectivity index (χ1) is 6.57. The quantitative estimate of drug-likeness (QED) is 0.743. The molecule has 3 N–H and O–H groups in total. The van der Waals surface area contributed by atoms with Gasteiger partial charge >= 0.3 is 0 Å². The summed E-state index contributed by atoms with van der Waals surface area (Å²) in [5.74, 6) is 0. The Kier molecular flexibility index (Phi) is 3.09. The van der Waals surface area contributed by atoms with Crippen molar-refractivity contribution < 1.29 is 18.4 Å². The molecule has 5 heteroatoms. The lowest BCUT2D eigenvalue weighted by molar-refractivity contribution is 0.483. The zero-order valence-corrected chi connectivity index (χ0v) is 8.53. The minimum Gasteiger partial charge on any atom is -0.412 e. The highest BCUT2D eigenvalue weighted by Crippen LogP contribution is 2.18. The van der Waals surface area contributed by atoms with E-state index in [2.05, 4.69) is 0 Å². The Bertz CT molecular complexity index is 575. The van der Waals surface area contributed by atoms with Gasteiger partial charge in [0.15, 0.2) is 0 Å². The van der Waals surface area contributed by atoms with Crippen molar-refractivity contribution in [2.24, 2.45) is 0 Å². The molecule has 4 nitrogen and oxygen atoms in total. The topological polar surface area (TPSA) is 85.9 Å². The fourth-order valence-corrected chi connectivity index (χ4v) is 1.84. The maximum atomic E-state index is 10.8. The number of hydrogen-bond acceptors (Lipinski definition) is 2. The highest BCUT2D eigenvalue weighted by molar-refractivity contribution is 7.85. The predicted molar refractivity (Wildman–Crippen MR) is 57.4 cm³/mol. The van der Waals surface area contributed by atoms with Crippen LogP contribution >= 0.6 is 0 Å². The molecule has 2 aromatic carbocycles. The first kappa shape index (κ1) is 11.6. The molecule has 0 amide bonds. The third kappa shape index (κ3) is 2.33. The third-order valence-electron chi connectivity index (χ3n) is 2.02. The first-order valence-electron chi connectivity index (χ1n) is 4.04. The smallest absolute Gasteiger partial charge is 0.294 e. The van der Waals surface area contributed by atoms with E-state index in [1.807, 2.05) is 18.2 Å². The van der Waals surface area contributed by atoms with Gasteiger partial charge in [-0.05, 0) is 22.9 Å². The Labute approximate surface area is 87.2 Å². The summed E-state index contributed by atoms with van der Waals surface area (Å²) in [6, 6.07) is 11.9. The predicted octanol–water partition coefficient (Wildman–Crippen LogP) is 1.26. The van der Waals surface area contributed by atoms with Crippen molar-refractivity contribution in [3.63, 3.8) is 0 Å². The fourth-order valence-electron chi connectivity index (χ4n) is 1.33. The monoisotopic (exact) mass is 226 g/mol. The SMILES string of the molecule is O.O=S(=O)(O)c1ccc2ccccc2c1. The van der Waals surface area contributed by atoms with Gasteiger partial charge < -0.3 is 5.48 Å². The van der Waals surface area contributed by atoms with Crippen LogP contribution in [0.2, 0.25) is 0 Å². The number of rotatable bonds is 1. The van der Waals surface area contributed by atoms with Crippen molar-refractivity contribution in [3.05, 3.63) is 42.5 Å². The molecule has 0 aliphatic rings. The molecule has 0 aromatic heterocycles. The number of fused-ring (bicyclic) bond motifs is 1. The van der Waals surface area contributed by atoms with Crippen LogP contribution in [0.15, 0.2) is 47.4 Å². The van der Waals surface area contributed by atoms with Gasteiger partial charge in [-0.1, -0.05) is 30.3 Å². The molecule has 0 aliphatic heterocycles. The maximum absolute atomic E-state index is 10.8. The largest absolute Gasteiger partial charge is 0.412 e. The summed E-state index contributed by atoms with van der Waals surface area (Å²) in [4.78, 5) is -0.0730. The molecule has 0 atom stereocenters. The van der Waals surface area contributed by atoms with E-state index in [0.29, 0.717) is 0 Å². The van der Waals surface area contributed by atoms with Crippen LogP contribution in [0.1, 0.15) is 0 Å². The molecule has 0 saturated heterocycles. The molecule has 0 aliphatic carbocycles. The summed E-state index contributed by atoms with van der Waals surface area (Å²) in [5.41, 5.74) is 0. The zero-order chi connectivity index (χ0) is 10.2. The zero-order valence-electron chi connectivity index (χ0n) is 7.71. The minimum absolute atomic E-state index is 0. The molecule has 0 heterocycles. The van der Waals surface area contributed by atoms with Crippen LogP contribution in [0.4, 0.5) is 0 Å². The van der Waals surface area contributed by atoms with Crippen LogP contribution in [-0.2, 0) is 10.1 Å². The standard InChI is InChI=1S/C10H8O3S.H2O/c11-14(12,13)10-6-5-8-3-1-2-4-9(8)7-10;/h1-7H,(H,11,12,13);1H2. The number of hydrogen-bond donors (Lipinski definition) is 1. The molecular weight excluding hydrogens is 216 g/mol. The summed E-state index contributed by atoms with van der Waals surface area (Å²) in [7, 11) is -4.09. The van der Waals surface area contributed by atoms with Gasteiger partial charge in [0, 0.05) is 0 Å². The molecule has 0 radical (unpaired) electrons. The molecule has 0 unspecified atom stereocenters. The van der Waals surface area contributed by atoms with Gasteiger partial charge in [0.25, 0.3) is 10.1 Å². The second-order valence-electron chi connectivity index (χ2n) is 2.98. The summed E-state index contributed by atoms with van der Waals surface area (Å²) >= 11 is 0. The van der Waals surface area contributed by atoms with Gasteiger partial charge in [0.2, 0.25) is 0 Å². The minimum atomic E-state index is -4.09. The Hall–Kier alpha value is -1.43. The van der Waals surface area contributed by atoms with Crippen molar-refractivity contribution >= 4 is 20.9 Å². The van der Waals surface area contributed by atoms with Crippen molar-refractivity contribution in [1.29, 1.82) is 0 Å². The average Bonchev–Trinajstić information content (AvgIpc) is 2.16. The van der Waals surface area contributed by atoms with Gasteiger partial charge in [-0.2, -0.15) is 8.42 Å². The highest BCUT2D eigenvalue weighted by atomic mass is 32.2. The molecule has 0 bridgehead atoms. The van der Waals surface area contributed by atoms with Crippen LogP contribution in [0.25, 0.3) is 10.8 Å². The molecule has 2 aromatic rings. The van der Waals surface area contributed by atoms with Crippen molar-refractivity contribution in [3.8, 4) is 0 Å². The van der Waals surface area contributed by atoms with Crippen LogP contribution in [0, 0.1) is 0 Å². The van der Waals surface area contributed by atoms with E-state index in [0.717, 1.165) is 10.8 Å². The summed E-state index contributed by atoms with van der Waals surface area (Å²) in [6.07, 6.45) is 0. The van der Waals surface area contributed by atoms with Crippen molar-refractivity contribution in [2.45, 2.75) is 4.90 Å². The Morgan fingerprint density at radius 3 is 2.13 bits per heavy atom. The van der Waals surface area contributed by atoms with E-state index >= 15 is 0 Å². The lowest BCUT2D eigenvalue weighted by Crippen LogP contribution is -1.97. The van der Waals surface area contributed by atoms with Crippen LogP contribution < -0.4 is 0 Å². The van der Waals surface area contributed by atoms with E-state index in [1.165, 1.54) is 12.1 Å². The maximum Gasteiger partial charge on any atom is 0.294 e. The molecule has 0 saturated carbocycles. The van der Waals surface area contributed by atoms with Crippen LogP contribution in [-0.4, -0.2) is 18.4 Å². The summed E-state index contributed by atoms with van der Waals surface area (Å²) in [6.45, 7) is 0. The molecule has 15 heavy (non-hydrogen) atoms. The van der Waals surface area contributed by atoms with Gasteiger partial charge in [0.1, 0.15) is 0 Å². The van der Waals surface area contributed by atoms with Crippen molar-refractivity contribution in [2.75, 3.05) is 0 Å². The average molecular weight is 226 g/mol. The molecular formula is C10H10O4S. The van der Waals surface area contributed by atoms with Gasteiger partial charge in [0.05, 0.1) is 4.90 Å². The molecule has 2 rings (SSSR count). The summed E-state index contributed by atoms with van der Waals surface area (Å²) in [5, 5.41) is 1.74. The van der Waals surface area contributed by atoms with Gasteiger partial charge in [-0.3, -0.25) is 4.55 Å². The second-order valence-corrected chi connectivity index (χ2v) is 4.41. The van der Waals surface area contributed by atoms with Gasteiger partial charge in [-0.25, -0.2) is 0 Å². The normalized spacial score (nSPS) is 11.0. The van der Waals surface area contributed by atoms with E-state index in [-0.39, 0.29) is 10.4 Å². The highest BCUT2D eigenvalue weighted by Gasteiger charge is 2.08. The van der Waals surface area contributed by atoms with E-state index in [4.69, 9.17) is 4.55 Å². The Morgan fingerprint density at radius 2 is 1.53 bits per heavy atom. The Morgan fingerprint density at radius 1 is 0.933 bits per heavy atom. The fraction of sp³-hybridized carbons (Fsp3) is 0. The lowest BCUT2D eigenvalue weighted by atomic mass is 10.1. The second kappa shape index (κ2) is 3.98. The lowest BCUT2D eigenvalue weighted by Gasteiger charge is -1.99. The Balaban J connectivity index is 0.00000112. The van der Waals surface area contributed by atoms with E-state index in [1.54, 1.807) is 12.1 Å². The van der Waals surface area contributed by atoms with Crippen molar-refractivity contribution in [1.82, 2.24) is 0 Å². The van der Waals surface area contributed by atoms with Gasteiger partial charge in [-0.15, -0.1) is 0 Å². The number of benzene rings is 2. The molecule has 80 valence electrons. The molecule has 0 spiro atoms. The summed E-state index contributed by atoms with van der Waals surface area (Å²) < 4.78 is 30.5. The van der Waals surface area contributed by atoms with E-state index < -0.39 is 10.1 Å². The van der Waals surface area contributed by atoms with Crippen LogP contribution in [0.3, 0.4) is 0 Å². The third-order valence-corrected chi connectivity index (χ3v) is 2.87. The van der Waals surface area contributed by atoms with Crippen LogP contribution in [0.5, 0.6) is 0 Å². The molecule has 0 fully saturated rings. The van der Waals surface area contributed by atoms with E-state index in [9.17, 15) is 8.42 Å². The first-order valence-corrected chi connectivity index (χ1v) is 5.48.